The van der Waals surface area contributed by atoms with E-state index in [1.165, 1.54) is 36.4 Å². The Morgan fingerprint density at radius 3 is 2.29 bits per heavy atom. The van der Waals surface area contributed by atoms with E-state index < -0.39 is 27.7 Å². The minimum atomic E-state index is -4.42. The van der Waals surface area contributed by atoms with Crippen LogP contribution in [0.5, 0.6) is 0 Å². The first-order chi connectivity index (χ1) is 14.6. The van der Waals surface area contributed by atoms with Crippen molar-refractivity contribution in [1.82, 2.24) is 10.2 Å². The van der Waals surface area contributed by atoms with E-state index in [9.17, 15) is 26.4 Å². The molecule has 0 saturated carbocycles. The van der Waals surface area contributed by atoms with Crippen molar-refractivity contribution in [3.05, 3.63) is 70.2 Å². The van der Waals surface area contributed by atoms with E-state index >= 15 is 0 Å². The molecule has 0 atom stereocenters. The second-order valence-corrected chi connectivity index (χ2v) is 8.97. The lowest BCUT2D eigenvalue weighted by Gasteiger charge is -2.06. The number of aromatic nitrogens is 2. The Hall–Kier alpha value is -2.99. The van der Waals surface area contributed by atoms with Gasteiger partial charge < -0.3 is 4.74 Å². The number of hydrogen-bond acceptors (Lipinski definition) is 7. The molecule has 3 rings (SSSR count). The van der Waals surface area contributed by atoms with Gasteiger partial charge in [0.25, 0.3) is 10.0 Å². The Morgan fingerprint density at radius 1 is 1.06 bits per heavy atom. The molecule has 0 spiro atoms. The molecule has 0 radical (unpaired) electrons. The first-order valence-electron chi connectivity index (χ1n) is 8.87. The first kappa shape index (κ1) is 22.7. The number of alkyl halides is 3. The third kappa shape index (κ3) is 5.79. The van der Waals surface area contributed by atoms with Crippen molar-refractivity contribution in [3.63, 3.8) is 0 Å². The molecule has 0 aliphatic rings. The van der Waals surface area contributed by atoms with Crippen LogP contribution in [0.15, 0.2) is 53.4 Å². The number of anilines is 1. The van der Waals surface area contributed by atoms with Gasteiger partial charge in [-0.15, -0.1) is 10.2 Å². The highest BCUT2D eigenvalue weighted by Crippen LogP contribution is 2.29. The van der Waals surface area contributed by atoms with Gasteiger partial charge in [-0.2, -0.15) is 13.2 Å². The molecule has 1 heterocycles. The van der Waals surface area contributed by atoms with Gasteiger partial charge in [0.1, 0.15) is 5.01 Å². The Bertz CT molecular complexity index is 1160. The van der Waals surface area contributed by atoms with Crippen LogP contribution in [0.1, 0.15) is 33.4 Å². The topological polar surface area (TPSA) is 98.2 Å². The molecule has 0 aliphatic heterocycles. The summed E-state index contributed by atoms with van der Waals surface area (Å²) in [5.41, 5.74) is 0.0413. The smallest absolute Gasteiger partial charge is 0.416 e. The molecular formula is C19H16F3N3O4S2. The van der Waals surface area contributed by atoms with Gasteiger partial charge >= 0.3 is 12.1 Å². The molecule has 12 heteroatoms. The summed E-state index contributed by atoms with van der Waals surface area (Å²) in [6.07, 6.45) is -4.22. The molecule has 7 nitrogen and oxygen atoms in total. The lowest BCUT2D eigenvalue weighted by atomic mass is 10.1. The molecule has 0 aliphatic carbocycles. The molecule has 3 aromatic rings. The van der Waals surface area contributed by atoms with E-state index in [2.05, 4.69) is 14.9 Å². The van der Waals surface area contributed by atoms with Crippen molar-refractivity contribution < 1.29 is 31.1 Å². The van der Waals surface area contributed by atoms with Crippen LogP contribution in [0.2, 0.25) is 0 Å². The second kappa shape index (κ2) is 9.02. The summed E-state index contributed by atoms with van der Waals surface area (Å²) in [5.74, 6) is -0.559. The Balaban J connectivity index is 1.67. The van der Waals surface area contributed by atoms with E-state index in [0.717, 1.165) is 23.5 Å². The minimum Gasteiger partial charge on any atom is -0.462 e. The third-order valence-corrected chi connectivity index (χ3v) is 6.32. The minimum absolute atomic E-state index is 0.0105. The average Bonchev–Trinajstić information content (AvgIpc) is 3.14. The fourth-order valence-electron chi connectivity index (χ4n) is 2.51. The summed E-state index contributed by atoms with van der Waals surface area (Å²) in [7, 11) is -3.97. The SMILES string of the molecule is CCOC(=O)c1ccc(S(=O)(=O)Nc2nnc(Cc3ccc(C(F)(F)F)cc3)s2)cc1. The van der Waals surface area contributed by atoms with E-state index in [0.29, 0.717) is 10.6 Å². The van der Waals surface area contributed by atoms with E-state index in [1.807, 2.05) is 0 Å². The molecule has 0 bridgehead atoms. The summed E-state index contributed by atoms with van der Waals surface area (Å²) in [5, 5.41) is 8.09. The Kier molecular flexibility index (Phi) is 6.60. The number of rotatable bonds is 7. The predicted molar refractivity (Wildman–Crippen MR) is 107 cm³/mol. The summed E-state index contributed by atoms with van der Waals surface area (Å²) in [6.45, 7) is 1.86. The monoisotopic (exact) mass is 471 g/mol. The van der Waals surface area contributed by atoms with Gasteiger partial charge in [-0.3, -0.25) is 4.72 Å². The molecule has 1 N–H and O–H groups in total. The van der Waals surface area contributed by atoms with E-state index in [1.54, 1.807) is 6.92 Å². The zero-order chi connectivity index (χ0) is 22.6. The maximum Gasteiger partial charge on any atom is 0.416 e. The number of carbonyl (C=O) groups is 1. The van der Waals surface area contributed by atoms with Gasteiger partial charge in [-0.1, -0.05) is 23.5 Å². The fraction of sp³-hybridized carbons (Fsp3) is 0.211. The van der Waals surface area contributed by atoms with Crippen LogP contribution in [0, 0.1) is 0 Å². The maximum atomic E-state index is 12.6. The number of ether oxygens (including phenoxy) is 1. The van der Waals surface area contributed by atoms with Crippen LogP contribution >= 0.6 is 11.3 Å². The Labute approximate surface area is 180 Å². The maximum absolute atomic E-state index is 12.6. The molecule has 0 fully saturated rings. The summed E-state index contributed by atoms with van der Waals surface area (Å²) >= 11 is 0.965. The molecule has 31 heavy (non-hydrogen) atoms. The quantitative estimate of drug-likeness (QED) is 0.521. The Morgan fingerprint density at radius 2 is 1.71 bits per heavy atom. The number of halogens is 3. The van der Waals surface area contributed by atoms with Crippen LogP contribution in [-0.4, -0.2) is 31.2 Å². The zero-order valence-corrected chi connectivity index (χ0v) is 17.6. The molecule has 1 aromatic heterocycles. The normalized spacial score (nSPS) is 11.9. The zero-order valence-electron chi connectivity index (χ0n) is 16.0. The van der Waals surface area contributed by atoms with Crippen molar-refractivity contribution in [2.24, 2.45) is 0 Å². The highest BCUT2D eigenvalue weighted by atomic mass is 32.2. The summed E-state index contributed by atoms with van der Waals surface area (Å²) in [6, 6.07) is 9.81. The van der Waals surface area contributed by atoms with Crippen molar-refractivity contribution >= 4 is 32.5 Å². The first-order valence-corrected chi connectivity index (χ1v) is 11.2. The predicted octanol–water partition coefficient (Wildman–Crippen LogP) is 4.13. The lowest BCUT2D eigenvalue weighted by molar-refractivity contribution is -0.137. The van der Waals surface area contributed by atoms with Crippen molar-refractivity contribution in [2.45, 2.75) is 24.4 Å². The number of nitrogens with zero attached hydrogens (tertiary/aromatic N) is 2. The largest absolute Gasteiger partial charge is 0.462 e. The van der Waals surface area contributed by atoms with Gasteiger partial charge in [0.2, 0.25) is 5.13 Å². The van der Waals surface area contributed by atoms with Crippen LogP contribution < -0.4 is 4.72 Å². The lowest BCUT2D eigenvalue weighted by Crippen LogP contribution is -2.13. The van der Waals surface area contributed by atoms with Gasteiger partial charge in [0.05, 0.1) is 22.6 Å². The van der Waals surface area contributed by atoms with Crippen LogP contribution in [0.4, 0.5) is 18.3 Å². The molecule has 164 valence electrons. The summed E-state index contributed by atoms with van der Waals surface area (Å²) < 4.78 is 70.1. The van der Waals surface area contributed by atoms with E-state index in [-0.39, 0.29) is 28.6 Å². The van der Waals surface area contributed by atoms with Crippen LogP contribution in [-0.2, 0) is 27.4 Å². The number of esters is 1. The summed E-state index contributed by atoms with van der Waals surface area (Å²) in [4.78, 5) is 11.6. The number of hydrogen-bond donors (Lipinski definition) is 1. The number of sulfonamides is 1. The van der Waals surface area contributed by atoms with Gasteiger partial charge in [-0.05, 0) is 48.9 Å². The fourth-order valence-corrected chi connectivity index (χ4v) is 4.52. The van der Waals surface area contributed by atoms with Crippen molar-refractivity contribution in [3.8, 4) is 0 Å². The number of nitrogens with one attached hydrogen (secondary N) is 1. The highest BCUT2D eigenvalue weighted by molar-refractivity contribution is 7.93. The number of benzene rings is 2. The van der Waals surface area contributed by atoms with Crippen molar-refractivity contribution in [1.29, 1.82) is 0 Å². The van der Waals surface area contributed by atoms with E-state index in [4.69, 9.17) is 4.74 Å². The average molecular weight is 471 g/mol. The third-order valence-electron chi connectivity index (χ3n) is 4.00. The molecular weight excluding hydrogens is 455 g/mol. The van der Waals surface area contributed by atoms with Crippen LogP contribution in [0.3, 0.4) is 0 Å². The van der Waals surface area contributed by atoms with Crippen LogP contribution in [0.25, 0.3) is 0 Å². The molecule has 0 amide bonds. The van der Waals surface area contributed by atoms with Crippen molar-refractivity contribution in [2.75, 3.05) is 11.3 Å². The van der Waals surface area contributed by atoms with Gasteiger partial charge in [0.15, 0.2) is 0 Å². The molecule has 2 aromatic carbocycles. The highest BCUT2D eigenvalue weighted by Gasteiger charge is 2.30. The standard InChI is InChI=1S/C19H16F3N3O4S2/c1-2-29-17(26)13-5-9-15(10-6-13)31(27,28)25-18-24-23-16(30-18)11-12-3-7-14(8-4-12)19(20,21)22/h3-10H,2,11H2,1H3,(H,24,25). The molecule has 0 unspecified atom stereocenters. The van der Waals surface area contributed by atoms with Gasteiger partial charge in [-0.25, -0.2) is 13.2 Å². The molecule has 0 saturated heterocycles. The van der Waals surface area contributed by atoms with Gasteiger partial charge in [0, 0.05) is 6.42 Å². The second-order valence-electron chi connectivity index (χ2n) is 6.22. The number of carbonyl (C=O) groups excluding carboxylic acids is 1.